The molecule has 0 heterocycles. The largest absolute Gasteiger partial charge is 0.493 e. The summed E-state index contributed by atoms with van der Waals surface area (Å²) in [5, 5.41) is 4.99. The van der Waals surface area contributed by atoms with Crippen molar-refractivity contribution in [2.75, 3.05) is 34.4 Å². The van der Waals surface area contributed by atoms with E-state index in [4.69, 9.17) is 9.47 Å². The number of carbonyl (C=O) groups excluding carboxylic acids is 2. The molecule has 0 saturated heterocycles. The minimum atomic E-state index is -0.458. The Kier molecular flexibility index (Phi) is 8.05. The molecule has 0 aliphatic heterocycles. The summed E-state index contributed by atoms with van der Waals surface area (Å²) >= 11 is 0. The summed E-state index contributed by atoms with van der Waals surface area (Å²) in [5.74, 6) is 1.32. The van der Waals surface area contributed by atoms with Crippen molar-refractivity contribution < 1.29 is 24.0 Å². The molecule has 0 fully saturated rings. The van der Waals surface area contributed by atoms with Crippen molar-refractivity contribution in [3.05, 3.63) is 23.8 Å². The van der Waals surface area contributed by atoms with Crippen LogP contribution in [0.2, 0.25) is 0 Å². The van der Waals surface area contributed by atoms with E-state index in [0.29, 0.717) is 30.5 Å². The first-order chi connectivity index (χ1) is 11.4. The van der Waals surface area contributed by atoms with Crippen molar-refractivity contribution in [3.63, 3.8) is 0 Å². The third-order valence-electron chi connectivity index (χ3n) is 3.36. The predicted molar refractivity (Wildman–Crippen MR) is 91.4 cm³/mol. The van der Waals surface area contributed by atoms with Crippen LogP contribution in [-0.4, -0.2) is 46.3 Å². The van der Waals surface area contributed by atoms with Gasteiger partial charge in [-0.1, -0.05) is 19.9 Å². The second-order valence-electron chi connectivity index (χ2n) is 6.12. The number of hydrogen-bond donors (Lipinski definition) is 3. The van der Waals surface area contributed by atoms with E-state index in [0.717, 1.165) is 10.5 Å². The number of nitrogens with one attached hydrogen (secondary N) is 3. The topological polar surface area (TPSA) is 81.1 Å². The molecule has 1 aromatic carbocycles. The Hall–Kier alpha value is -2.28. The van der Waals surface area contributed by atoms with Crippen LogP contribution in [0.25, 0.3) is 0 Å². The number of quaternary nitrogens is 1. The minimum Gasteiger partial charge on any atom is -0.493 e. The fourth-order valence-corrected chi connectivity index (χ4v) is 2.27. The Morgan fingerprint density at radius 1 is 1.21 bits per heavy atom. The van der Waals surface area contributed by atoms with Crippen molar-refractivity contribution >= 4 is 11.9 Å². The highest BCUT2D eigenvalue weighted by molar-refractivity contribution is 5.94. The van der Waals surface area contributed by atoms with Crippen molar-refractivity contribution in [1.82, 2.24) is 10.6 Å². The van der Waals surface area contributed by atoms with Crippen molar-refractivity contribution in [2.24, 2.45) is 5.92 Å². The number of carbonyl (C=O) groups is 2. The molecule has 0 aromatic heterocycles. The molecule has 3 N–H and O–H groups in total. The zero-order valence-corrected chi connectivity index (χ0v) is 15.1. The van der Waals surface area contributed by atoms with Crippen LogP contribution >= 0.6 is 0 Å². The summed E-state index contributed by atoms with van der Waals surface area (Å²) in [6, 6.07) is 5.17. The Morgan fingerprint density at radius 2 is 1.92 bits per heavy atom. The molecule has 0 aliphatic rings. The van der Waals surface area contributed by atoms with E-state index in [2.05, 4.69) is 10.6 Å². The molecule has 0 spiro atoms. The minimum absolute atomic E-state index is 0.176. The van der Waals surface area contributed by atoms with Crippen LogP contribution in [0.15, 0.2) is 18.2 Å². The molecule has 7 heteroatoms. The first-order valence-corrected chi connectivity index (χ1v) is 7.96. The van der Waals surface area contributed by atoms with Gasteiger partial charge in [0.25, 0.3) is 5.91 Å². The fraction of sp³-hybridized carbons (Fsp3) is 0.529. The van der Waals surface area contributed by atoms with Crippen LogP contribution in [0.3, 0.4) is 0 Å². The molecule has 1 rings (SSSR count). The SMILES string of the molecule is COc1cccc(C[NH+](C)CC(=O)NC(=O)NCC(C)C)c1OC. The number of imide groups is 1. The number of rotatable bonds is 8. The lowest BCUT2D eigenvalue weighted by Crippen LogP contribution is -3.09. The van der Waals surface area contributed by atoms with Gasteiger partial charge in [0.05, 0.1) is 26.8 Å². The van der Waals surface area contributed by atoms with Crippen molar-refractivity contribution in [2.45, 2.75) is 20.4 Å². The number of para-hydroxylation sites is 1. The zero-order valence-electron chi connectivity index (χ0n) is 15.1. The van der Waals surface area contributed by atoms with Crippen LogP contribution in [0, 0.1) is 5.92 Å². The van der Waals surface area contributed by atoms with E-state index in [1.807, 2.05) is 39.1 Å². The molecule has 1 atom stereocenters. The third kappa shape index (κ3) is 6.45. The van der Waals surface area contributed by atoms with Crippen LogP contribution in [0.5, 0.6) is 11.5 Å². The Balaban J connectivity index is 2.55. The molecule has 0 saturated carbocycles. The summed E-state index contributed by atoms with van der Waals surface area (Å²) in [7, 11) is 5.05. The molecule has 0 radical (unpaired) electrons. The number of hydrogen-bond acceptors (Lipinski definition) is 4. The van der Waals surface area contributed by atoms with Gasteiger partial charge in [-0.15, -0.1) is 0 Å². The van der Waals surface area contributed by atoms with E-state index >= 15 is 0 Å². The molecule has 24 heavy (non-hydrogen) atoms. The van der Waals surface area contributed by atoms with Crippen LogP contribution in [-0.2, 0) is 11.3 Å². The van der Waals surface area contributed by atoms with Gasteiger partial charge in [0.15, 0.2) is 18.0 Å². The zero-order chi connectivity index (χ0) is 18.1. The summed E-state index contributed by atoms with van der Waals surface area (Å²) in [6.45, 7) is 5.25. The van der Waals surface area contributed by atoms with Crippen LogP contribution in [0.4, 0.5) is 4.79 Å². The van der Waals surface area contributed by atoms with Gasteiger partial charge in [0, 0.05) is 6.54 Å². The molecular weight excluding hydrogens is 310 g/mol. The summed E-state index contributed by atoms with van der Waals surface area (Å²) in [4.78, 5) is 24.4. The smallest absolute Gasteiger partial charge is 0.321 e. The number of benzene rings is 1. The van der Waals surface area contributed by atoms with Gasteiger partial charge in [-0.2, -0.15) is 0 Å². The van der Waals surface area contributed by atoms with Gasteiger partial charge in [-0.05, 0) is 18.1 Å². The molecule has 134 valence electrons. The number of ether oxygens (including phenoxy) is 2. The highest BCUT2D eigenvalue weighted by Gasteiger charge is 2.17. The maximum Gasteiger partial charge on any atom is 0.321 e. The van der Waals surface area contributed by atoms with E-state index < -0.39 is 6.03 Å². The predicted octanol–water partition coefficient (Wildman–Crippen LogP) is 0.200. The van der Waals surface area contributed by atoms with E-state index in [1.165, 1.54) is 0 Å². The summed E-state index contributed by atoms with van der Waals surface area (Å²) in [5.41, 5.74) is 0.936. The molecule has 0 aliphatic carbocycles. The maximum absolute atomic E-state index is 11.9. The van der Waals surface area contributed by atoms with Gasteiger partial charge in [-0.25, -0.2) is 4.79 Å². The molecule has 1 unspecified atom stereocenters. The van der Waals surface area contributed by atoms with Crippen molar-refractivity contribution in [1.29, 1.82) is 0 Å². The quantitative estimate of drug-likeness (QED) is 0.633. The first-order valence-electron chi connectivity index (χ1n) is 7.96. The Morgan fingerprint density at radius 3 is 2.50 bits per heavy atom. The van der Waals surface area contributed by atoms with E-state index in [9.17, 15) is 9.59 Å². The lowest BCUT2D eigenvalue weighted by atomic mass is 10.1. The standard InChI is InChI=1S/C17H27N3O4/c1-12(2)9-18-17(22)19-15(21)11-20(3)10-13-7-6-8-14(23-4)16(13)24-5/h6-8,12H,9-11H2,1-5H3,(H2,18,19,21,22)/p+1. The fourth-order valence-electron chi connectivity index (χ4n) is 2.27. The Labute approximate surface area is 143 Å². The average molecular weight is 338 g/mol. The number of methoxy groups -OCH3 is 2. The Bertz CT molecular complexity index is 561. The van der Waals surface area contributed by atoms with Gasteiger partial charge in [0.2, 0.25) is 0 Å². The molecule has 7 nitrogen and oxygen atoms in total. The number of amides is 3. The van der Waals surface area contributed by atoms with Gasteiger partial charge in [0.1, 0.15) is 6.54 Å². The van der Waals surface area contributed by atoms with Gasteiger partial charge < -0.3 is 19.7 Å². The third-order valence-corrected chi connectivity index (χ3v) is 3.36. The number of urea groups is 1. The molecule has 0 bridgehead atoms. The molecular formula is C17H28N3O4+. The lowest BCUT2D eigenvalue weighted by molar-refractivity contribution is -0.885. The van der Waals surface area contributed by atoms with Gasteiger partial charge in [-0.3, -0.25) is 10.1 Å². The van der Waals surface area contributed by atoms with Crippen molar-refractivity contribution in [3.8, 4) is 11.5 Å². The average Bonchev–Trinajstić information content (AvgIpc) is 2.52. The van der Waals surface area contributed by atoms with E-state index in [-0.39, 0.29) is 12.5 Å². The molecule has 3 amide bonds. The summed E-state index contributed by atoms with van der Waals surface area (Å²) in [6.07, 6.45) is 0. The lowest BCUT2D eigenvalue weighted by Gasteiger charge is -2.17. The second-order valence-corrected chi connectivity index (χ2v) is 6.12. The first kappa shape index (κ1) is 19.8. The van der Waals surface area contributed by atoms with Crippen LogP contribution < -0.4 is 25.0 Å². The number of likely N-dealkylation sites (N-methyl/N-ethyl adjacent to an activating group) is 1. The second kappa shape index (κ2) is 9.77. The normalized spacial score (nSPS) is 11.8. The monoisotopic (exact) mass is 338 g/mol. The highest BCUT2D eigenvalue weighted by atomic mass is 16.5. The van der Waals surface area contributed by atoms with Gasteiger partial charge >= 0.3 is 6.03 Å². The highest BCUT2D eigenvalue weighted by Crippen LogP contribution is 2.29. The van der Waals surface area contributed by atoms with E-state index in [1.54, 1.807) is 14.2 Å². The van der Waals surface area contributed by atoms with Crippen LogP contribution in [0.1, 0.15) is 19.4 Å². The molecule has 1 aromatic rings. The maximum atomic E-state index is 11.9. The summed E-state index contributed by atoms with van der Waals surface area (Å²) < 4.78 is 10.7.